The molecule has 11 rings (SSSR count). The third kappa shape index (κ3) is 5.20. The molecule has 7 aromatic carbocycles. The van der Waals surface area contributed by atoms with Crippen LogP contribution in [0.15, 0.2) is 121 Å². The number of hydrogen-bond donors (Lipinski definition) is 0. The third-order valence-corrected chi connectivity index (χ3v) is 14.2. The lowest BCUT2D eigenvalue weighted by Gasteiger charge is -2.21. The monoisotopic (exact) mass is 786 g/mol. The van der Waals surface area contributed by atoms with Crippen molar-refractivity contribution in [2.45, 2.75) is 65.2 Å². The van der Waals surface area contributed by atoms with Gasteiger partial charge in [0, 0.05) is 32.7 Å². The van der Waals surface area contributed by atoms with Gasteiger partial charge in [-0.2, -0.15) is 0 Å². The number of nitrogens with zero attached hydrogens (tertiary/aromatic N) is 2. The Balaban J connectivity index is 1.27. The molecule has 0 saturated carbocycles. The van der Waals surface area contributed by atoms with Crippen LogP contribution < -0.4 is 9.47 Å². The summed E-state index contributed by atoms with van der Waals surface area (Å²) in [6.07, 6.45) is 1.88. The standard InChI is InChI=1S/C54H46N2O2S/c1-7-27-57-31-23-25-33-39(29-31)40-30-32(58-28-8-2)24-26-34(40)48-47(33)55-49-50(56-48)52(38-18-14-22-44-46(38)36-16-10-12-20-42(36)54(44,5)6)59-51(49)37-17-13-21-43-45(37)35-15-9-11-19-41(35)53(43,3)4/h9-26,29-30H,7-8,27-28H2,1-6H3. The summed E-state index contributed by atoms with van der Waals surface area (Å²) in [4.78, 5) is 13.9. The Kier molecular flexibility index (Phi) is 8.09. The van der Waals surface area contributed by atoms with E-state index in [1.165, 1.54) is 55.6 Å². The van der Waals surface area contributed by atoms with Gasteiger partial charge in [-0.05, 0) is 105 Å². The van der Waals surface area contributed by atoms with Crippen molar-refractivity contribution in [3.05, 3.63) is 144 Å². The number of rotatable bonds is 8. The Morgan fingerprint density at radius 1 is 0.441 bits per heavy atom. The summed E-state index contributed by atoms with van der Waals surface area (Å²) in [6, 6.07) is 44.5. The fourth-order valence-electron chi connectivity index (χ4n) is 10.1. The first-order chi connectivity index (χ1) is 28.7. The van der Waals surface area contributed by atoms with E-state index in [9.17, 15) is 0 Å². The molecule has 0 radical (unpaired) electrons. The number of hydrogen-bond acceptors (Lipinski definition) is 5. The van der Waals surface area contributed by atoms with E-state index in [-0.39, 0.29) is 10.8 Å². The van der Waals surface area contributed by atoms with E-state index in [2.05, 4.69) is 163 Å². The van der Waals surface area contributed by atoms with E-state index < -0.39 is 0 Å². The predicted molar refractivity (Wildman–Crippen MR) is 248 cm³/mol. The highest BCUT2D eigenvalue weighted by atomic mass is 32.1. The average Bonchev–Trinajstić information content (AvgIpc) is 3.84. The van der Waals surface area contributed by atoms with E-state index in [4.69, 9.17) is 19.4 Å². The van der Waals surface area contributed by atoms with Crippen molar-refractivity contribution in [2.24, 2.45) is 0 Å². The van der Waals surface area contributed by atoms with Crippen molar-refractivity contribution < 1.29 is 9.47 Å². The molecule has 0 saturated heterocycles. The lowest BCUT2D eigenvalue weighted by Crippen LogP contribution is -2.14. The number of benzene rings is 7. The summed E-state index contributed by atoms with van der Waals surface area (Å²) in [5, 5.41) is 4.28. The van der Waals surface area contributed by atoms with Crippen molar-refractivity contribution in [3.63, 3.8) is 0 Å². The van der Waals surface area contributed by atoms with E-state index in [1.54, 1.807) is 0 Å². The number of thiophene rings is 1. The molecule has 2 aromatic heterocycles. The zero-order valence-corrected chi connectivity index (χ0v) is 35.3. The van der Waals surface area contributed by atoms with Crippen LogP contribution >= 0.6 is 11.3 Å². The van der Waals surface area contributed by atoms with Crippen LogP contribution in [0.25, 0.3) is 86.7 Å². The minimum atomic E-state index is -0.127. The second-order valence-electron chi connectivity index (χ2n) is 17.3. The van der Waals surface area contributed by atoms with Crippen LogP contribution in [-0.2, 0) is 10.8 Å². The predicted octanol–water partition coefficient (Wildman–Crippen LogP) is 14.7. The first-order valence-electron chi connectivity index (χ1n) is 21.1. The quantitative estimate of drug-likeness (QED) is 0.144. The van der Waals surface area contributed by atoms with Crippen molar-refractivity contribution in [2.75, 3.05) is 13.2 Å². The average molecular weight is 787 g/mol. The third-order valence-electron chi connectivity index (χ3n) is 13.0. The van der Waals surface area contributed by atoms with Crippen LogP contribution in [0, 0.1) is 0 Å². The molecule has 2 aliphatic rings. The lowest BCUT2D eigenvalue weighted by atomic mass is 9.82. The molecule has 290 valence electrons. The van der Waals surface area contributed by atoms with Gasteiger partial charge in [0.1, 0.15) is 22.5 Å². The first-order valence-corrected chi connectivity index (χ1v) is 21.9. The van der Waals surface area contributed by atoms with Gasteiger partial charge in [-0.3, -0.25) is 0 Å². The molecule has 0 fully saturated rings. The highest BCUT2D eigenvalue weighted by Crippen LogP contribution is 2.57. The molecule has 59 heavy (non-hydrogen) atoms. The molecule has 2 heterocycles. The molecule has 0 atom stereocenters. The second-order valence-corrected chi connectivity index (χ2v) is 18.3. The minimum Gasteiger partial charge on any atom is -0.494 e. The van der Waals surface area contributed by atoms with Gasteiger partial charge in [0.15, 0.2) is 0 Å². The second kappa shape index (κ2) is 13.2. The van der Waals surface area contributed by atoms with Gasteiger partial charge in [0.2, 0.25) is 0 Å². The summed E-state index contributed by atoms with van der Waals surface area (Å²) >= 11 is 1.84. The van der Waals surface area contributed by atoms with Crippen molar-refractivity contribution in [1.29, 1.82) is 0 Å². The Hall–Kier alpha value is -6.04. The van der Waals surface area contributed by atoms with Gasteiger partial charge in [0.25, 0.3) is 0 Å². The van der Waals surface area contributed by atoms with E-state index >= 15 is 0 Å². The molecule has 0 bridgehead atoms. The summed E-state index contributed by atoms with van der Waals surface area (Å²) in [5.74, 6) is 1.71. The topological polar surface area (TPSA) is 44.2 Å². The lowest BCUT2D eigenvalue weighted by molar-refractivity contribution is 0.317. The molecular formula is C54H46N2O2S. The summed E-state index contributed by atoms with van der Waals surface area (Å²) in [7, 11) is 0. The van der Waals surface area contributed by atoms with Crippen molar-refractivity contribution in [3.8, 4) is 54.6 Å². The Morgan fingerprint density at radius 3 is 1.29 bits per heavy atom. The number of fused-ring (bicyclic) bond motifs is 13. The molecule has 0 amide bonds. The largest absolute Gasteiger partial charge is 0.494 e. The van der Waals surface area contributed by atoms with E-state index in [0.29, 0.717) is 13.2 Å². The normalized spacial score (nSPS) is 14.5. The summed E-state index contributed by atoms with van der Waals surface area (Å²) < 4.78 is 12.4. The Bertz CT molecular complexity index is 3000. The molecule has 4 nitrogen and oxygen atoms in total. The molecule has 0 spiro atoms. The van der Waals surface area contributed by atoms with Crippen LogP contribution in [0.2, 0.25) is 0 Å². The molecule has 0 aliphatic heterocycles. The van der Waals surface area contributed by atoms with Crippen molar-refractivity contribution >= 4 is 54.9 Å². The fraction of sp³-hybridized carbons (Fsp3) is 0.222. The fourth-order valence-corrected chi connectivity index (χ4v) is 11.3. The minimum absolute atomic E-state index is 0.127. The van der Waals surface area contributed by atoms with E-state index in [0.717, 1.165) is 77.7 Å². The van der Waals surface area contributed by atoms with Crippen LogP contribution in [-0.4, -0.2) is 23.2 Å². The van der Waals surface area contributed by atoms with Crippen LogP contribution in [0.3, 0.4) is 0 Å². The van der Waals surface area contributed by atoms with Crippen LogP contribution in [0.5, 0.6) is 11.5 Å². The Morgan fingerprint density at radius 2 is 0.847 bits per heavy atom. The molecule has 0 N–H and O–H groups in total. The maximum atomic E-state index is 6.22. The first kappa shape index (κ1) is 36.1. The zero-order valence-electron chi connectivity index (χ0n) is 34.5. The SMILES string of the molecule is CCCOc1ccc2c(c1)c1cc(OCCC)ccc1c1nc3c(-c4cccc5c4-c4ccccc4C5(C)C)sc(-c4cccc5c4-c4ccccc4C5(C)C)c3nc21. The van der Waals surface area contributed by atoms with Crippen LogP contribution in [0.1, 0.15) is 76.6 Å². The molecule has 0 unspecified atom stereocenters. The van der Waals surface area contributed by atoms with Crippen LogP contribution in [0.4, 0.5) is 0 Å². The van der Waals surface area contributed by atoms with Gasteiger partial charge in [0.05, 0.1) is 34.0 Å². The van der Waals surface area contributed by atoms with Gasteiger partial charge in [-0.1, -0.05) is 126 Å². The van der Waals surface area contributed by atoms with Gasteiger partial charge < -0.3 is 9.47 Å². The molecule has 2 aliphatic carbocycles. The highest BCUT2D eigenvalue weighted by molar-refractivity contribution is 7.21. The number of ether oxygens (including phenoxy) is 2. The summed E-state index contributed by atoms with van der Waals surface area (Å²) in [5.41, 5.74) is 16.5. The molecule has 9 aromatic rings. The zero-order chi connectivity index (χ0) is 40.2. The maximum Gasteiger partial charge on any atom is 0.119 e. The molecule has 5 heteroatoms. The number of aromatic nitrogens is 2. The van der Waals surface area contributed by atoms with E-state index in [1.807, 2.05) is 11.3 Å². The maximum absolute atomic E-state index is 6.22. The van der Waals surface area contributed by atoms with Gasteiger partial charge in [-0.25, -0.2) is 9.97 Å². The van der Waals surface area contributed by atoms with Gasteiger partial charge in [-0.15, -0.1) is 11.3 Å². The molecular weight excluding hydrogens is 741 g/mol. The summed E-state index contributed by atoms with van der Waals surface area (Å²) in [6.45, 7) is 15.0. The Labute approximate surface area is 349 Å². The van der Waals surface area contributed by atoms with Crippen molar-refractivity contribution in [1.82, 2.24) is 9.97 Å². The highest BCUT2D eigenvalue weighted by Gasteiger charge is 2.39. The van der Waals surface area contributed by atoms with Gasteiger partial charge >= 0.3 is 0 Å². The smallest absolute Gasteiger partial charge is 0.119 e.